The van der Waals surface area contributed by atoms with E-state index >= 15 is 0 Å². The number of carboxylic acid groups (broad SMARTS) is 1. The fourth-order valence-electron chi connectivity index (χ4n) is 2.38. The minimum Gasteiger partial charge on any atom is -0.478 e. The van der Waals surface area contributed by atoms with E-state index in [0.29, 0.717) is 36.7 Å². The number of hydrogen-bond donors (Lipinski definition) is 2. The third-order valence-corrected chi connectivity index (χ3v) is 3.71. The van der Waals surface area contributed by atoms with E-state index in [9.17, 15) is 9.59 Å². The molecule has 26 heavy (non-hydrogen) atoms. The fourth-order valence-corrected chi connectivity index (χ4v) is 2.38. The Balaban J connectivity index is 1.46. The predicted octanol–water partition coefficient (Wildman–Crippen LogP) is 3.40. The molecule has 0 spiro atoms. The third-order valence-electron chi connectivity index (χ3n) is 3.71. The summed E-state index contributed by atoms with van der Waals surface area (Å²) in [5, 5.41) is 15.5. The van der Waals surface area contributed by atoms with Crippen LogP contribution in [0.2, 0.25) is 0 Å². The molecule has 0 bridgehead atoms. The van der Waals surface area contributed by atoms with E-state index in [-0.39, 0.29) is 11.5 Å². The van der Waals surface area contributed by atoms with Crippen molar-refractivity contribution >= 4 is 17.6 Å². The first kappa shape index (κ1) is 17.3. The van der Waals surface area contributed by atoms with Gasteiger partial charge in [0.05, 0.1) is 5.56 Å². The Morgan fingerprint density at radius 2 is 1.77 bits per heavy atom. The predicted molar refractivity (Wildman–Crippen MR) is 94.7 cm³/mol. The number of aryl methyl sites for hydroxylation is 1. The molecule has 0 aliphatic heterocycles. The Hall–Kier alpha value is -3.48. The van der Waals surface area contributed by atoms with Gasteiger partial charge in [-0.15, -0.1) is 0 Å². The Morgan fingerprint density at radius 1 is 1.04 bits per heavy atom. The molecule has 1 aromatic heterocycles. The van der Waals surface area contributed by atoms with Crippen molar-refractivity contribution in [3.05, 3.63) is 66.1 Å². The lowest BCUT2D eigenvalue weighted by Gasteiger charge is -2.04. The van der Waals surface area contributed by atoms with Crippen LogP contribution in [0.5, 0.6) is 0 Å². The molecule has 3 rings (SSSR count). The van der Waals surface area contributed by atoms with Crippen LogP contribution in [-0.2, 0) is 11.2 Å². The van der Waals surface area contributed by atoms with Crippen LogP contribution in [0.3, 0.4) is 0 Å². The molecule has 0 radical (unpaired) electrons. The second kappa shape index (κ2) is 8.06. The van der Waals surface area contributed by atoms with Gasteiger partial charge in [0.15, 0.2) is 0 Å². The van der Waals surface area contributed by atoms with Crippen molar-refractivity contribution in [2.75, 3.05) is 5.32 Å². The standard InChI is InChI=1S/C19H17N3O4/c23-16(20-15-11-9-14(10-12-15)19(24)25)7-4-8-17-21-18(22-26-17)13-5-2-1-3-6-13/h1-3,5-6,9-12H,4,7-8H2,(H,20,23)(H,24,25). The van der Waals surface area contributed by atoms with Crippen LogP contribution in [0.25, 0.3) is 11.4 Å². The van der Waals surface area contributed by atoms with Crippen molar-refractivity contribution < 1.29 is 19.2 Å². The van der Waals surface area contributed by atoms with E-state index in [4.69, 9.17) is 9.63 Å². The molecule has 0 aliphatic rings. The number of carbonyl (C=O) groups is 2. The zero-order valence-corrected chi connectivity index (χ0v) is 13.9. The van der Waals surface area contributed by atoms with Crippen LogP contribution in [0.1, 0.15) is 29.1 Å². The van der Waals surface area contributed by atoms with Crippen LogP contribution in [0, 0.1) is 0 Å². The van der Waals surface area contributed by atoms with Crippen LogP contribution in [0.15, 0.2) is 59.1 Å². The molecule has 2 aromatic carbocycles. The summed E-state index contributed by atoms with van der Waals surface area (Å²) in [7, 11) is 0. The molecule has 132 valence electrons. The lowest BCUT2D eigenvalue weighted by atomic mass is 10.2. The van der Waals surface area contributed by atoms with Gasteiger partial charge in [0, 0.05) is 24.1 Å². The summed E-state index contributed by atoms with van der Waals surface area (Å²) < 4.78 is 5.21. The largest absolute Gasteiger partial charge is 0.478 e. The topological polar surface area (TPSA) is 105 Å². The van der Waals surface area contributed by atoms with Gasteiger partial charge in [-0.1, -0.05) is 35.5 Å². The summed E-state index contributed by atoms with van der Waals surface area (Å²) >= 11 is 0. The summed E-state index contributed by atoms with van der Waals surface area (Å²) in [6, 6.07) is 15.5. The SMILES string of the molecule is O=C(CCCc1nc(-c2ccccc2)no1)Nc1ccc(C(=O)O)cc1. The fraction of sp³-hybridized carbons (Fsp3) is 0.158. The molecule has 0 saturated heterocycles. The van der Waals surface area contributed by atoms with Gasteiger partial charge in [-0.05, 0) is 30.7 Å². The number of nitrogens with zero attached hydrogens (tertiary/aromatic N) is 2. The number of carboxylic acids is 1. The summed E-state index contributed by atoms with van der Waals surface area (Å²) in [6.07, 6.45) is 1.37. The van der Waals surface area contributed by atoms with Gasteiger partial charge >= 0.3 is 5.97 Å². The first-order valence-corrected chi connectivity index (χ1v) is 8.13. The van der Waals surface area contributed by atoms with Crippen molar-refractivity contribution in [1.82, 2.24) is 10.1 Å². The zero-order valence-electron chi connectivity index (χ0n) is 13.9. The summed E-state index contributed by atoms with van der Waals surface area (Å²) in [5.41, 5.74) is 1.61. The monoisotopic (exact) mass is 351 g/mol. The second-order valence-electron chi connectivity index (χ2n) is 5.66. The average Bonchev–Trinajstić information content (AvgIpc) is 3.12. The smallest absolute Gasteiger partial charge is 0.335 e. The van der Waals surface area contributed by atoms with Crippen LogP contribution < -0.4 is 5.32 Å². The Morgan fingerprint density at radius 3 is 2.46 bits per heavy atom. The second-order valence-corrected chi connectivity index (χ2v) is 5.66. The molecule has 0 atom stereocenters. The van der Waals surface area contributed by atoms with Crippen LogP contribution in [-0.4, -0.2) is 27.1 Å². The molecule has 7 nitrogen and oxygen atoms in total. The number of hydrogen-bond acceptors (Lipinski definition) is 5. The van der Waals surface area contributed by atoms with Crippen molar-refractivity contribution in [2.45, 2.75) is 19.3 Å². The molecule has 1 amide bonds. The third kappa shape index (κ3) is 4.54. The first-order valence-electron chi connectivity index (χ1n) is 8.13. The molecule has 7 heteroatoms. The number of amides is 1. The highest BCUT2D eigenvalue weighted by molar-refractivity contribution is 5.92. The average molecular weight is 351 g/mol. The van der Waals surface area contributed by atoms with E-state index in [0.717, 1.165) is 5.56 Å². The summed E-state index contributed by atoms with van der Waals surface area (Å²) in [4.78, 5) is 27.1. The van der Waals surface area contributed by atoms with E-state index < -0.39 is 5.97 Å². The number of benzene rings is 2. The van der Waals surface area contributed by atoms with Gasteiger partial charge in [-0.2, -0.15) is 4.98 Å². The molecular formula is C19H17N3O4. The maximum atomic E-state index is 12.0. The van der Waals surface area contributed by atoms with Gasteiger partial charge < -0.3 is 14.9 Å². The van der Waals surface area contributed by atoms with Gasteiger partial charge in [-0.25, -0.2) is 4.79 Å². The van der Waals surface area contributed by atoms with E-state index in [1.54, 1.807) is 12.1 Å². The summed E-state index contributed by atoms with van der Waals surface area (Å²) in [6.45, 7) is 0. The van der Waals surface area contributed by atoms with Crippen molar-refractivity contribution in [1.29, 1.82) is 0 Å². The van der Waals surface area contributed by atoms with Crippen LogP contribution >= 0.6 is 0 Å². The Kier molecular flexibility index (Phi) is 5.38. The lowest BCUT2D eigenvalue weighted by Crippen LogP contribution is -2.11. The number of aromatic carboxylic acids is 1. The normalized spacial score (nSPS) is 10.5. The van der Waals surface area contributed by atoms with E-state index in [1.807, 2.05) is 30.3 Å². The number of nitrogens with one attached hydrogen (secondary N) is 1. The molecule has 3 aromatic rings. The molecule has 0 aliphatic carbocycles. The molecule has 2 N–H and O–H groups in total. The van der Waals surface area contributed by atoms with Crippen LogP contribution in [0.4, 0.5) is 5.69 Å². The van der Waals surface area contributed by atoms with Crippen molar-refractivity contribution in [2.24, 2.45) is 0 Å². The lowest BCUT2D eigenvalue weighted by molar-refractivity contribution is -0.116. The van der Waals surface area contributed by atoms with Gasteiger partial charge in [0.2, 0.25) is 17.6 Å². The number of aromatic nitrogens is 2. The molecule has 0 unspecified atom stereocenters. The van der Waals surface area contributed by atoms with Gasteiger partial charge in [-0.3, -0.25) is 4.79 Å². The minimum atomic E-state index is -1.00. The minimum absolute atomic E-state index is 0.157. The highest BCUT2D eigenvalue weighted by atomic mass is 16.5. The highest BCUT2D eigenvalue weighted by Gasteiger charge is 2.10. The Bertz CT molecular complexity index is 889. The number of anilines is 1. The number of carbonyl (C=O) groups excluding carboxylic acids is 1. The highest BCUT2D eigenvalue weighted by Crippen LogP contribution is 2.16. The molecule has 1 heterocycles. The molecular weight excluding hydrogens is 334 g/mol. The molecule has 0 fully saturated rings. The number of rotatable bonds is 7. The maximum absolute atomic E-state index is 12.0. The van der Waals surface area contributed by atoms with Gasteiger partial charge in [0.25, 0.3) is 0 Å². The zero-order chi connectivity index (χ0) is 18.4. The molecule has 0 saturated carbocycles. The van der Waals surface area contributed by atoms with E-state index in [1.165, 1.54) is 12.1 Å². The maximum Gasteiger partial charge on any atom is 0.335 e. The first-order chi connectivity index (χ1) is 12.6. The Labute approximate surface area is 149 Å². The van der Waals surface area contributed by atoms with Crippen molar-refractivity contribution in [3.63, 3.8) is 0 Å². The quantitative estimate of drug-likeness (QED) is 0.676. The van der Waals surface area contributed by atoms with Gasteiger partial charge in [0.1, 0.15) is 0 Å². The van der Waals surface area contributed by atoms with E-state index in [2.05, 4.69) is 15.5 Å². The van der Waals surface area contributed by atoms with Crippen molar-refractivity contribution in [3.8, 4) is 11.4 Å². The summed E-state index contributed by atoms with van der Waals surface area (Å²) in [5.74, 6) is -0.140.